The van der Waals surface area contributed by atoms with Crippen LogP contribution in [-0.2, 0) is 21.2 Å². The molecule has 1 aromatic rings. The first kappa shape index (κ1) is 24.1. The van der Waals surface area contributed by atoms with Crippen LogP contribution < -0.4 is 10.6 Å². The number of hydrogen-bond acceptors (Lipinski definition) is 4. The molecule has 1 atom stereocenters. The summed E-state index contributed by atoms with van der Waals surface area (Å²) in [5.74, 6) is 0.675. The van der Waals surface area contributed by atoms with Crippen LogP contribution in [-0.4, -0.2) is 70.4 Å². The van der Waals surface area contributed by atoms with Gasteiger partial charge in [-0.3, -0.25) is 4.99 Å². The number of aryl methyl sites for hydroxylation is 1. The highest BCUT2D eigenvalue weighted by molar-refractivity contribution is 14.0. The second kappa shape index (κ2) is 12.5. The number of halogens is 1. The highest BCUT2D eigenvalue weighted by Gasteiger charge is 2.23. The van der Waals surface area contributed by atoms with Crippen LogP contribution in [0.2, 0.25) is 0 Å². The average Bonchev–Trinajstić information content (AvgIpc) is 2.67. The molecule has 1 saturated heterocycles. The maximum absolute atomic E-state index is 12.3. The fourth-order valence-corrected chi connectivity index (χ4v) is 4.10. The fourth-order valence-electron chi connectivity index (χ4n) is 2.78. The monoisotopic (exact) mass is 510 g/mol. The molecule has 0 amide bonds. The van der Waals surface area contributed by atoms with E-state index in [4.69, 9.17) is 4.74 Å². The number of rotatable bonds is 8. The second-order valence-corrected chi connectivity index (χ2v) is 8.48. The Hall–Kier alpha value is -0.910. The Bertz CT molecular complexity index is 664. The Labute approximate surface area is 180 Å². The van der Waals surface area contributed by atoms with Crippen LogP contribution in [0.25, 0.3) is 0 Å². The van der Waals surface area contributed by atoms with Gasteiger partial charge in [0.25, 0.3) is 0 Å². The summed E-state index contributed by atoms with van der Waals surface area (Å²) < 4.78 is 31.3. The molecule has 0 radical (unpaired) electrons. The molecule has 1 aliphatic heterocycles. The van der Waals surface area contributed by atoms with Crippen LogP contribution in [0, 0.1) is 0 Å². The van der Waals surface area contributed by atoms with Gasteiger partial charge in [0.05, 0.1) is 19.0 Å². The Balaban J connectivity index is 0.00000364. The maximum Gasteiger partial charge on any atom is 0.215 e. The van der Waals surface area contributed by atoms with Gasteiger partial charge in [-0.1, -0.05) is 30.3 Å². The topological polar surface area (TPSA) is 83.0 Å². The van der Waals surface area contributed by atoms with Crippen molar-refractivity contribution in [2.45, 2.75) is 25.8 Å². The molecule has 9 heteroatoms. The minimum absolute atomic E-state index is 0. The van der Waals surface area contributed by atoms with Gasteiger partial charge in [-0.15, -0.1) is 24.0 Å². The van der Waals surface area contributed by atoms with Crippen LogP contribution in [0.5, 0.6) is 0 Å². The summed E-state index contributed by atoms with van der Waals surface area (Å²) in [6.45, 7) is 4.23. The zero-order chi connectivity index (χ0) is 18.8. The van der Waals surface area contributed by atoms with Gasteiger partial charge in [-0.2, -0.15) is 4.31 Å². The van der Waals surface area contributed by atoms with E-state index in [1.807, 2.05) is 18.2 Å². The minimum Gasteiger partial charge on any atom is -0.379 e. The van der Waals surface area contributed by atoms with Crippen LogP contribution in [0.4, 0.5) is 0 Å². The largest absolute Gasteiger partial charge is 0.379 e. The lowest BCUT2D eigenvalue weighted by atomic mass is 10.1. The van der Waals surface area contributed by atoms with Crippen LogP contribution >= 0.6 is 24.0 Å². The lowest BCUT2D eigenvalue weighted by Gasteiger charge is -2.26. The number of benzene rings is 1. The smallest absolute Gasteiger partial charge is 0.215 e. The van der Waals surface area contributed by atoms with E-state index in [0.29, 0.717) is 38.8 Å². The fraction of sp³-hybridized carbons (Fsp3) is 0.611. The van der Waals surface area contributed by atoms with E-state index in [1.165, 1.54) is 9.87 Å². The first-order chi connectivity index (χ1) is 12.5. The van der Waals surface area contributed by atoms with Gasteiger partial charge in [0.2, 0.25) is 10.0 Å². The van der Waals surface area contributed by atoms with Gasteiger partial charge < -0.3 is 15.4 Å². The van der Waals surface area contributed by atoms with Crippen molar-refractivity contribution in [3.63, 3.8) is 0 Å². The molecule has 0 saturated carbocycles. The lowest BCUT2D eigenvalue weighted by molar-refractivity contribution is 0.0730. The Morgan fingerprint density at radius 2 is 1.93 bits per heavy atom. The highest BCUT2D eigenvalue weighted by Crippen LogP contribution is 2.06. The number of ether oxygens (including phenoxy) is 1. The number of sulfonamides is 1. The summed E-state index contributed by atoms with van der Waals surface area (Å²) in [5.41, 5.74) is 1.31. The van der Waals surface area contributed by atoms with Crippen molar-refractivity contribution in [2.75, 3.05) is 45.6 Å². The van der Waals surface area contributed by atoms with Gasteiger partial charge in [0.1, 0.15) is 0 Å². The van der Waals surface area contributed by atoms with Gasteiger partial charge in [0, 0.05) is 32.7 Å². The number of hydrogen-bond donors (Lipinski definition) is 2. The molecule has 7 nitrogen and oxygen atoms in total. The molecule has 154 valence electrons. The first-order valence-corrected chi connectivity index (χ1v) is 10.7. The molecule has 1 fully saturated rings. The summed E-state index contributed by atoms with van der Waals surface area (Å²) in [6, 6.07) is 10.6. The molecule has 1 heterocycles. The Morgan fingerprint density at radius 1 is 1.26 bits per heavy atom. The van der Waals surface area contributed by atoms with Crippen molar-refractivity contribution in [1.82, 2.24) is 14.9 Å². The predicted molar refractivity (Wildman–Crippen MR) is 120 cm³/mol. The van der Waals surface area contributed by atoms with E-state index in [0.717, 1.165) is 12.8 Å². The standard InChI is InChI=1S/C18H30N4O3S.HI/c1-16(8-9-17-6-4-3-5-7-17)21-18(19-2)20-10-15-26(23,24)22-11-13-25-14-12-22;/h3-7,16H,8-15H2,1-2H3,(H2,19,20,21);1H. The highest BCUT2D eigenvalue weighted by atomic mass is 127. The summed E-state index contributed by atoms with van der Waals surface area (Å²) in [6.07, 6.45) is 1.95. The van der Waals surface area contributed by atoms with Gasteiger partial charge >= 0.3 is 0 Å². The molecule has 1 aromatic carbocycles. The number of nitrogens with one attached hydrogen (secondary N) is 2. The molecule has 2 rings (SSSR count). The third kappa shape index (κ3) is 8.75. The summed E-state index contributed by atoms with van der Waals surface area (Å²) in [4.78, 5) is 4.18. The quantitative estimate of drug-likeness (QED) is 0.315. The number of guanidine groups is 1. The van der Waals surface area contributed by atoms with E-state index in [2.05, 4.69) is 34.7 Å². The molecule has 1 unspecified atom stereocenters. The molecule has 0 bridgehead atoms. The molecule has 1 aliphatic rings. The summed E-state index contributed by atoms with van der Waals surface area (Å²) >= 11 is 0. The lowest BCUT2D eigenvalue weighted by Crippen LogP contribution is -2.46. The van der Waals surface area contributed by atoms with Crippen LogP contribution in [0.3, 0.4) is 0 Å². The van der Waals surface area contributed by atoms with E-state index >= 15 is 0 Å². The zero-order valence-corrected chi connectivity index (χ0v) is 19.2. The van der Waals surface area contributed by atoms with Crippen molar-refractivity contribution in [2.24, 2.45) is 4.99 Å². The van der Waals surface area contributed by atoms with Crippen molar-refractivity contribution < 1.29 is 13.2 Å². The van der Waals surface area contributed by atoms with Crippen molar-refractivity contribution >= 4 is 40.0 Å². The van der Waals surface area contributed by atoms with Crippen LogP contribution in [0.1, 0.15) is 18.9 Å². The van der Waals surface area contributed by atoms with Crippen molar-refractivity contribution in [3.05, 3.63) is 35.9 Å². The maximum atomic E-state index is 12.3. The van der Waals surface area contributed by atoms with Crippen molar-refractivity contribution in [3.8, 4) is 0 Å². The van der Waals surface area contributed by atoms with Gasteiger partial charge in [-0.05, 0) is 25.3 Å². The van der Waals surface area contributed by atoms with Gasteiger partial charge in [-0.25, -0.2) is 8.42 Å². The SMILES string of the molecule is CN=C(NCCS(=O)(=O)N1CCOCC1)NC(C)CCc1ccccc1.I. The first-order valence-electron chi connectivity index (χ1n) is 9.08. The normalized spacial score (nSPS) is 17.0. The van der Waals surface area contributed by atoms with Crippen LogP contribution in [0.15, 0.2) is 35.3 Å². The number of morpholine rings is 1. The van der Waals surface area contributed by atoms with E-state index in [1.54, 1.807) is 7.05 Å². The Kier molecular flexibility index (Phi) is 11.2. The third-order valence-corrected chi connectivity index (χ3v) is 6.20. The summed E-state index contributed by atoms with van der Waals surface area (Å²) in [7, 11) is -1.56. The minimum atomic E-state index is -3.25. The van der Waals surface area contributed by atoms with Crippen molar-refractivity contribution in [1.29, 1.82) is 0 Å². The molecule has 2 N–H and O–H groups in total. The molecular formula is C18H31IN4O3S. The van der Waals surface area contributed by atoms with E-state index in [-0.39, 0.29) is 35.8 Å². The molecule has 27 heavy (non-hydrogen) atoms. The third-order valence-electron chi connectivity index (χ3n) is 4.33. The van der Waals surface area contributed by atoms with Gasteiger partial charge in [0.15, 0.2) is 5.96 Å². The zero-order valence-electron chi connectivity index (χ0n) is 16.1. The molecule has 0 aliphatic carbocycles. The predicted octanol–water partition coefficient (Wildman–Crippen LogP) is 1.45. The molecular weight excluding hydrogens is 479 g/mol. The van der Waals surface area contributed by atoms with E-state index < -0.39 is 10.0 Å². The number of aliphatic imine (C=N–C) groups is 1. The average molecular weight is 510 g/mol. The number of nitrogens with zero attached hydrogens (tertiary/aromatic N) is 2. The molecule has 0 aromatic heterocycles. The van der Waals surface area contributed by atoms with E-state index in [9.17, 15) is 8.42 Å². The summed E-state index contributed by atoms with van der Waals surface area (Å²) in [5, 5.41) is 6.41. The molecule has 0 spiro atoms. The Morgan fingerprint density at radius 3 is 2.56 bits per heavy atom. The second-order valence-electron chi connectivity index (χ2n) is 6.40.